The molecule has 0 heterocycles. The minimum absolute atomic E-state index is 0.274. The smallest absolute Gasteiger partial charge is 0.419 e. The summed E-state index contributed by atoms with van der Waals surface area (Å²) in [6.07, 6.45) is 0.953. The lowest BCUT2D eigenvalue weighted by molar-refractivity contribution is -0.211. The van der Waals surface area contributed by atoms with Crippen molar-refractivity contribution < 1.29 is 23.4 Å². The van der Waals surface area contributed by atoms with Crippen LogP contribution < -0.4 is 4.52 Å². The van der Waals surface area contributed by atoms with Crippen LogP contribution in [0.5, 0.6) is 5.75 Å². The summed E-state index contributed by atoms with van der Waals surface area (Å²) >= 11 is 5.08. The molecule has 0 bridgehead atoms. The van der Waals surface area contributed by atoms with Gasteiger partial charge in [0, 0.05) is 17.9 Å². The molecule has 0 saturated carbocycles. The average Bonchev–Trinajstić information content (AvgIpc) is 2.37. The van der Waals surface area contributed by atoms with E-state index in [4.69, 9.17) is 25.5 Å². The summed E-state index contributed by atoms with van der Waals surface area (Å²) in [7, 11) is 0. The van der Waals surface area contributed by atoms with Crippen molar-refractivity contribution in [3.8, 4) is 5.75 Å². The van der Waals surface area contributed by atoms with E-state index in [0.717, 1.165) is 6.08 Å². The Morgan fingerprint density at radius 3 is 2.67 bits per heavy atom. The molecule has 1 aromatic rings. The highest BCUT2D eigenvalue weighted by Gasteiger charge is 2.25. The number of rotatable bonds is 7. The summed E-state index contributed by atoms with van der Waals surface area (Å²) in [5, 5.41) is 0. The zero-order chi connectivity index (χ0) is 13.4. The standard InChI is InChI=1S/C11H13O5PS/c1-3-11(12)14-16-17(18,13-4-2)15-10-8-6-5-7-9-10/h3,5-9H,1,4H2,2H3. The molecule has 0 saturated heterocycles. The third-order valence-electron chi connectivity index (χ3n) is 1.62. The van der Waals surface area contributed by atoms with Gasteiger partial charge in [-0.3, -0.25) is 9.41 Å². The van der Waals surface area contributed by atoms with Crippen LogP contribution in [0.1, 0.15) is 6.92 Å². The molecule has 0 spiro atoms. The van der Waals surface area contributed by atoms with E-state index in [2.05, 4.69) is 11.5 Å². The van der Waals surface area contributed by atoms with Crippen LogP contribution in [0, 0.1) is 0 Å². The van der Waals surface area contributed by atoms with E-state index in [1.54, 1.807) is 31.2 Å². The van der Waals surface area contributed by atoms with Gasteiger partial charge in [-0.25, -0.2) is 4.79 Å². The highest BCUT2D eigenvalue weighted by molar-refractivity contribution is 8.07. The van der Waals surface area contributed by atoms with Crippen molar-refractivity contribution >= 4 is 24.5 Å². The van der Waals surface area contributed by atoms with E-state index in [1.165, 1.54) is 0 Å². The number of para-hydroxylation sites is 1. The van der Waals surface area contributed by atoms with E-state index in [-0.39, 0.29) is 6.61 Å². The second-order valence-corrected chi connectivity index (χ2v) is 5.78. The van der Waals surface area contributed by atoms with Crippen molar-refractivity contribution in [2.24, 2.45) is 0 Å². The summed E-state index contributed by atoms with van der Waals surface area (Å²) in [6, 6.07) is 8.76. The fourth-order valence-corrected chi connectivity index (χ4v) is 2.60. The molecule has 0 N–H and O–H groups in total. The fraction of sp³-hybridized carbons (Fsp3) is 0.182. The predicted molar refractivity (Wildman–Crippen MR) is 70.4 cm³/mol. The Balaban J connectivity index is 2.71. The molecule has 0 aliphatic heterocycles. The molecule has 0 amide bonds. The predicted octanol–water partition coefficient (Wildman–Crippen LogP) is 2.99. The number of hydrogen-bond acceptors (Lipinski definition) is 6. The second kappa shape index (κ2) is 7.28. The molecule has 18 heavy (non-hydrogen) atoms. The van der Waals surface area contributed by atoms with Gasteiger partial charge in [0.25, 0.3) is 0 Å². The Kier molecular flexibility index (Phi) is 6.01. The molecule has 1 rings (SSSR count). The largest absolute Gasteiger partial charge is 0.422 e. The van der Waals surface area contributed by atoms with Crippen molar-refractivity contribution in [1.82, 2.24) is 0 Å². The van der Waals surface area contributed by atoms with Gasteiger partial charge < -0.3 is 4.52 Å². The van der Waals surface area contributed by atoms with E-state index in [0.29, 0.717) is 5.75 Å². The van der Waals surface area contributed by atoms with Gasteiger partial charge in [0.2, 0.25) is 0 Å². The third kappa shape index (κ3) is 4.98. The third-order valence-corrected chi connectivity index (χ3v) is 3.61. The first kappa shape index (κ1) is 14.9. The van der Waals surface area contributed by atoms with E-state index < -0.39 is 12.7 Å². The molecule has 0 aliphatic carbocycles. The molecule has 0 aromatic heterocycles. The Bertz CT molecular complexity index is 448. The van der Waals surface area contributed by atoms with Gasteiger partial charge in [-0.05, 0) is 19.1 Å². The van der Waals surface area contributed by atoms with Crippen molar-refractivity contribution in [1.29, 1.82) is 0 Å². The Hall–Kier alpha value is -1.20. The van der Waals surface area contributed by atoms with Gasteiger partial charge in [-0.2, -0.15) is 0 Å². The topological polar surface area (TPSA) is 54.0 Å². The Morgan fingerprint density at radius 1 is 1.44 bits per heavy atom. The zero-order valence-electron chi connectivity index (χ0n) is 9.78. The van der Waals surface area contributed by atoms with Crippen molar-refractivity contribution in [2.45, 2.75) is 6.92 Å². The quantitative estimate of drug-likeness (QED) is 0.333. The zero-order valence-corrected chi connectivity index (χ0v) is 11.5. The number of benzene rings is 1. The van der Waals surface area contributed by atoms with Crippen LogP contribution in [0.25, 0.3) is 0 Å². The minimum Gasteiger partial charge on any atom is -0.422 e. The van der Waals surface area contributed by atoms with E-state index in [1.807, 2.05) is 6.07 Å². The Labute approximate surface area is 110 Å². The van der Waals surface area contributed by atoms with Crippen molar-refractivity contribution in [2.75, 3.05) is 6.61 Å². The summed E-state index contributed by atoms with van der Waals surface area (Å²) in [5.41, 5.74) is 0. The first-order chi connectivity index (χ1) is 8.59. The molecule has 1 aromatic carbocycles. The maximum atomic E-state index is 10.9. The van der Waals surface area contributed by atoms with Gasteiger partial charge in [0.05, 0.1) is 6.61 Å². The summed E-state index contributed by atoms with van der Waals surface area (Å²) in [5.74, 6) is -0.287. The van der Waals surface area contributed by atoms with Crippen LogP contribution in [-0.2, 0) is 30.7 Å². The molecule has 7 heteroatoms. The highest BCUT2D eigenvalue weighted by atomic mass is 32.5. The summed E-state index contributed by atoms with van der Waals surface area (Å²) in [6.45, 7) is 2.07. The van der Waals surface area contributed by atoms with Gasteiger partial charge >= 0.3 is 12.7 Å². The molecular formula is C11H13O5PS. The summed E-state index contributed by atoms with van der Waals surface area (Å²) < 4.78 is 15.4. The van der Waals surface area contributed by atoms with Crippen LogP contribution in [-0.4, -0.2) is 12.6 Å². The number of hydrogen-bond donors (Lipinski definition) is 0. The lowest BCUT2D eigenvalue weighted by atomic mass is 10.3. The molecule has 0 radical (unpaired) electrons. The maximum absolute atomic E-state index is 10.9. The highest BCUT2D eigenvalue weighted by Crippen LogP contribution is 2.49. The van der Waals surface area contributed by atoms with Crippen LogP contribution in [0.4, 0.5) is 0 Å². The number of carbonyl (C=O) groups is 1. The average molecular weight is 288 g/mol. The Morgan fingerprint density at radius 2 is 2.11 bits per heavy atom. The lowest BCUT2D eigenvalue weighted by Gasteiger charge is -2.19. The molecule has 0 aliphatic rings. The second-order valence-electron chi connectivity index (χ2n) is 2.95. The van der Waals surface area contributed by atoms with E-state index >= 15 is 0 Å². The fourth-order valence-electron chi connectivity index (χ4n) is 0.948. The van der Waals surface area contributed by atoms with Crippen molar-refractivity contribution in [3.63, 3.8) is 0 Å². The van der Waals surface area contributed by atoms with Crippen LogP contribution >= 0.6 is 6.72 Å². The SMILES string of the molecule is C=CC(=O)OOP(=S)(OCC)Oc1ccccc1. The molecule has 0 fully saturated rings. The van der Waals surface area contributed by atoms with E-state index in [9.17, 15) is 4.79 Å². The van der Waals surface area contributed by atoms with Crippen LogP contribution in [0.15, 0.2) is 43.0 Å². The normalized spacial score (nSPS) is 13.4. The first-order valence-corrected chi connectivity index (χ1v) is 7.67. The van der Waals surface area contributed by atoms with Gasteiger partial charge in [0.15, 0.2) is 0 Å². The molecular weight excluding hydrogens is 275 g/mol. The number of carbonyl (C=O) groups excluding carboxylic acids is 1. The van der Waals surface area contributed by atoms with Gasteiger partial charge in [-0.15, -0.1) is 0 Å². The minimum atomic E-state index is -3.17. The first-order valence-electron chi connectivity index (χ1n) is 5.11. The maximum Gasteiger partial charge on any atom is 0.419 e. The molecule has 98 valence electrons. The molecule has 5 nitrogen and oxygen atoms in total. The van der Waals surface area contributed by atoms with Gasteiger partial charge in [0.1, 0.15) is 5.75 Å². The van der Waals surface area contributed by atoms with Crippen LogP contribution in [0.2, 0.25) is 0 Å². The molecule has 1 atom stereocenters. The monoisotopic (exact) mass is 288 g/mol. The molecule has 1 unspecified atom stereocenters. The lowest BCUT2D eigenvalue weighted by Crippen LogP contribution is -2.06. The van der Waals surface area contributed by atoms with Gasteiger partial charge in [-0.1, -0.05) is 29.5 Å². The van der Waals surface area contributed by atoms with Crippen LogP contribution in [0.3, 0.4) is 0 Å². The van der Waals surface area contributed by atoms with Crippen molar-refractivity contribution in [3.05, 3.63) is 43.0 Å². The summed E-state index contributed by atoms with van der Waals surface area (Å²) in [4.78, 5) is 15.3.